The first-order valence-electron chi connectivity index (χ1n) is 8.86. The molecule has 1 aliphatic rings. The van der Waals surface area contributed by atoms with Crippen molar-refractivity contribution in [3.05, 3.63) is 42.2 Å². The molecule has 0 spiro atoms. The number of carbonyl (C=O) groups excluding carboxylic acids is 1. The number of rotatable bonds is 5. The average Bonchev–Trinajstić information content (AvgIpc) is 3.23. The van der Waals surface area contributed by atoms with Crippen molar-refractivity contribution in [2.24, 2.45) is 0 Å². The Morgan fingerprint density at radius 3 is 2.62 bits per heavy atom. The van der Waals surface area contributed by atoms with E-state index in [9.17, 15) is 4.79 Å². The molecule has 26 heavy (non-hydrogen) atoms. The zero-order valence-electron chi connectivity index (χ0n) is 15.2. The lowest BCUT2D eigenvalue weighted by molar-refractivity contribution is -0.122. The Morgan fingerprint density at radius 1 is 1.23 bits per heavy atom. The summed E-state index contributed by atoms with van der Waals surface area (Å²) >= 11 is 0. The van der Waals surface area contributed by atoms with E-state index in [0.29, 0.717) is 5.69 Å². The molecule has 0 aromatic carbocycles. The number of aromatic amines is 1. The van der Waals surface area contributed by atoms with Crippen molar-refractivity contribution in [1.82, 2.24) is 24.3 Å². The molecule has 3 heterocycles. The molecule has 0 atom stereocenters. The smallest absolute Gasteiger partial charge is 0.290 e. The number of H-pyrrole nitrogens is 1. The summed E-state index contributed by atoms with van der Waals surface area (Å²) in [5.41, 5.74) is 1.41. The highest BCUT2D eigenvalue weighted by Gasteiger charge is 2.22. The van der Waals surface area contributed by atoms with Gasteiger partial charge in [-0.15, -0.1) is 0 Å². The normalized spacial score (nSPS) is 15.0. The van der Waals surface area contributed by atoms with Gasteiger partial charge in [0.1, 0.15) is 5.69 Å². The first kappa shape index (κ1) is 19.7. The second-order valence-corrected chi connectivity index (χ2v) is 6.24. The maximum absolute atomic E-state index is 12.5. The van der Waals surface area contributed by atoms with Crippen molar-refractivity contribution in [3.8, 4) is 0 Å². The van der Waals surface area contributed by atoms with E-state index in [-0.39, 0.29) is 12.4 Å². The van der Waals surface area contributed by atoms with E-state index in [1.165, 1.54) is 0 Å². The van der Waals surface area contributed by atoms with Crippen LogP contribution in [0.25, 0.3) is 0 Å². The van der Waals surface area contributed by atoms with Crippen LogP contribution in [0, 0.1) is 6.92 Å². The Kier molecular flexibility index (Phi) is 7.88. The van der Waals surface area contributed by atoms with E-state index >= 15 is 0 Å². The number of amides is 1. The van der Waals surface area contributed by atoms with Crippen molar-refractivity contribution < 1.29 is 14.7 Å². The Bertz CT molecular complexity index is 668. The number of aryl methyl sites for hydroxylation is 2. The minimum absolute atomic E-state index is 0.0536. The second kappa shape index (κ2) is 10.4. The van der Waals surface area contributed by atoms with Crippen LogP contribution >= 0.6 is 0 Å². The van der Waals surface area contributed by atoms with E-state index in [1.807, 2.05) is 11.8 Å². The Balaban J connectivity index is 0.000000758. The third kappa shape index (κ3) is 5.73. The van der Waals surface area contributed by atoms with Gasteiger partial charge >= 0.3 is 0 Å². The summed E-state index contributed by atoms with van der Waals surface area (Å²) in [4.78, 5) is 32.4. The SMILES string of the molecule is Cc1[nH]cnc1C(=O)N1CCCN(CCCn2cccc2)CC1.O=CO. The molecular weight excluding hydrogens is 334 g/mol. The molecule has 1 saturated heterocycles. The molecule has 142 valence electrons. The zero-order valence-corrected chi connectivity index (χ0v) is 15.2. The lowest BCUT2D eigenvalue weighted by Crippen LogP contribution is -2.36. The van der Waals surface area contributed by atoms with Gasteiger partial charge < -0.3 is 24.5 Å². The quantitative estimate of drug-likeness (QED) is 0.786. The second-order valence-electron chi connectivity index (χ2n) is 6.24. The van der Waals surface area contributed by atoms with E-state index in [1.54, 1.807) is 6.33 Å². The van der Waals surface area contributed by atoms with Gasteiger partial charge in [0.05, 0.1) is 6.33 Å². The molecule has 0 saturated carbocycles. The lowest BCUT2D eigenvalue weighted by Gasteiger charge is -2.21. The van der Waals surface area contributed by atoms with Crippen LogP contribution < -0.4 is 0 Å². The Labute approximate surface area is 153 Å². The number of carbonyl (C=O) groups is 2. The molecule has 2 N–H and O–H groups in total. The summed E-state index contributed by atoms with van der Waals surface area (Å²) in [6.45, 7) is 7.40. The number of nitrogens with zero attached hydrogens (tertiary/aromatic N) is 4. The van der Waals surface area contributed by atoms with Gasteiger partial charge in [0, 0.05) is 44.3 Å². The summed E-state index contributed by atoms with van der Waals surface area (Å²) in [5, 5.41) is 6.89. The Hall–Kier alpha value is -2.61. The molecule has 8 heteroatoms. The summed E-state index contributed by atoms with van der Waals surface area (Å²) in [5.74, 6) is 0.0536. The van der Waals surface area contributed by atoms with Gasteiger partial charge in [-0.1, -0.05) is 0 Å². The van der Waals surface area contributed by atoms with Gasteiger partial charge in [-0.3, -0.25) is 9.59 Å². The molecule has 0 bridgehead atoms. The third-order valence-electron chi connectivity index (χ3n) is 4.47. The van der Waals surface area contributed by atoms with Crippen LogP contribution in [0.5, 0.6) is 0 Å². The first-order valence-corrected chi connectivity index (χ1v) is 8.86. The van der Waals surface area contributed by atoms with E-state index in [4.69, 9.17) is 9.90 Å². The fraction of sp³-hybridized carbons (Fsp3) is 0.500. The monoisotopic (exact) mass is 361 g/mol. The van der Waals surface area contributed by atoms with Crippen molar-refractivity contribution >= 4 is 12.4 Å². The average molecular weight is 361 g/mol. The molecule has 0 radical (unpaired) electrons. The minimum atomic E-state index is -0.250. The van der Waals surface area contributed by atoms with Gasteiger partial charge in [-0.25, -0.2) is 4.98 Å². The van der Waals surface area contributed by atoms with Crippen molar-refractivity contribution in [3.63, 3.8) is 0 Å². The molecule has 3 rings (SSSR count). The topological polar surface area (TPSA) is 94.5 Å². The van der Waals surface area contributed by atoms with Crippen LogP contribution in [0.2, 0.25) is 0 Å². The molecular formula is C18H27N5O3. The number of hydrogen-bond donors (Lipinski definition) is 2. The summed E-state index contributed by atoms with van der Waals surface area (Å²) < 4.78 is 2.22. The molecule has 2 aromatic heterocycles. The fourth-order valence-electron chi connectivity index (χ4n) is 3.12. The summed E-state index contributed by atoms with van der Waals surface area (Å²) in [7, 11) is 0. The lowest BCUT2D eigenvalue weighted by atomic mass is 10.3. The predicted octanol–water partition coefficient (Wildman–Crippen LogP) is 1.46. The van der Waals surface area contributed by atoms with E-state index in [2.05, 4.69) is 44.0 Å². The number of imidazole rings is 1. The number of nitrogens with one attached hydrogen (secondary N) is 1. The maximum atomic E-state index is 12.5. The fourth-order valence-corrected chi connectivity index (χ4v) is 3.12. The summed E-state index contributed by atoms with van der Waals surface area (Å²) in [6, 6.07) is 4.12. The highest BCUT2D eigenvalue weighted by atomic mass is 16.3. The van der Waals surface area contributed by atoms with Gasteiger partial charge in [0.2, 0.25) is 0 Å². The molecule has 0 unspecified atom stereocenters. The van der Waals surface area contributed by atoms with Crippen LogP contribution in [-0.2, 0) is 11.3 Å². The van der Waals surface area contributed by atoms with Crippen molar-refractivity contribution in [2.45, 2.75) is 26.3 Å². The number of hydrogen-bond acceptors (Lipinski definition) is 4. The predicted molar refractivity (Wildman–Crippen MR) is 98.0 cm³/mol. The van der Waals surface area contributed by atoms with Crippen LogP contribution in [0.4, 0.5) is 0 Å². The van der Waals surface area contributed by atoms with Crippen LogP contribution in [0.3, 0.4) is 0 Å². The van der Waals surface area contributed by atoms with Gasteiger partial charge in [-0.2, -0.15) is 0 Å². The molecule has 2 aromatic rings. The zero-order chi connectivity index (χ0) is 18.8. The van der Waals surface area contributed by atoms with E-state index in [0.717, 1.165) is 57.8 Å². The van der Waals surface area contributed by atoms with Crippen LogP contribution in [-0.4, -0.2) is 74.5 Å². The highest BCUT2D eigenvalue weighted by Crippen LogP contribution is 2.10. The third-order valence-corrected chi connectivity index (χ3v) is 4.47. The molecule has 1 amide bonds. The van der Waals surface area contributed by atoms with Crippen LogP contribution in [0.15, 0.2) is 30.9 Å². The van der Waals surface area contributed by atoms with E-state index < -0.39 is 0 Å². The molecule has 0 aliphatic carbocycles. The molecule has 1 fully saturated rings. The van der Waals surface area contributed by atoms with Crippen molar-refractivity contribution in [2.75, 3.05) is 32.7 Å². The van der Waals surface area contributed by atoms with Crippen LogP contribution in [0.1, 0.15) is 29.0 Å². The first-order chi connectivity index (χ1) is 12.7. The molecule has 1 aliphatic heterocycles. The Morgan fingerprint density at radius 2 is 1.96 bits per heavy atom. The number of aromatic nitrogens is 3. The maximum Gasteiger partial charge on any atom is 0.290 e. The van der Waals surface area contributed by atoms with Gasteiger partial charge in [-0.05, 0) is 45.0 Å². The highest BCUT2D eigenvalue weighted by molar-refractivity contribution is 5.93. The molecule has 8 nitrogen and oxygen atoms in total. The minimum Gasteiger partial charge on any atom is -0.483 e. The summed E-state index contributed by atoms with van der Waals surface area (Å²) in [6.07, 6.45) is 7.97. The van der Waals surface area contributed by atoms with Gasteiger partial charge in [0.15, 0.2) is 0 Å². The standard InChI is InChI=1S/C17H25N5O.CH2O2/c1-15-16(19-14-18-15)17(23)22-11-5-10-21(12-13-22)9-4-8-20-6-2-3-7-20;2-1-3/h2-3,6-7,14H,4-5,8-13H2,1H3,(H,18,19);1H,(H,2,3). The van der Waals surface area contributed by atoms with Gasteiger partial charge in [0.25, 0.3) is 12.4 Å². The van der Waals surface area contributed by atoms with Crippen molar-refractivity contribution in [1.29, 1.82) is 0 Å². The number of carboxylic acid groups (broad SMARTS) is 1. The largest absolute Gasteiger partial charge is 0.483 e.